The molecule has 1 saturated heterocycles. The first-order valence-electron chi connectivity index (χ1n) is 5.89. The van der Waals surface area contributed by atoms with Crippen LogP contribution in [0.3, 0.4) is 0 Å². The molecule has 2 N–H and O–H groups in total. The fourth-order valence-corrected chi connectivity index (χ4v) is 3.68. The van der Waals surface area contributed by atoms with E-state index < -0.39 is 10.0 Å². The average Bonchev–Trinajstić information content (AvgIpc) is 2.69. The summed E-state index contributed by atoms with van der Waals surface area (Å²) in [5.74, 6) is -0.322. The Kier molecular flexibility index (Phi) is 3.66. The van der Waals surface area contributed by atoms with Crippen LogP contribution < -0.4 is 5.32 Å². The minimum Gasteiger partial charge on any atom is -0.396 e. The van der Waals surface area contributed by atoms with E-state index in [0.717, 1.165) is 0 Å². The highest BCUT2D eigenvalue weighted by atomic mass is 32.2. The first kappa shape index (κ1) is 14.0. The van der Waals surface area contributed by atoms with Gasteiger partial charge >= 0.3 is 0 Å². The number of carbonyl (C=O) groups is 1. The smallest absolute Gasteiger partial charge is 0.267 e. The van der Waals surface area contributed by atoms with E-state index in [1.807, 2.05) is 0 Å². The number of aliphatic hydroxyl groups is 1. The predicted molar refractivity (Wildman–Crippen MR) is 68.1 cm³/mol. The quantitative estimate of drug-likeness (QED) is 0.743. The van der Waals surface area contributed by atoms with Gasteiger partial charge in [-0.25, -0.2) is 8.42 Å². The van der Waals surface area contributed by atoms with Crippen molar-refractivity contribution < 1.29 is 18.3 Å². The maximum absolute atomic E-state index is 12.3. The van der Waals surface area contributed by atoms with E-state index in [0.29, 0.717) is 18.8 Å². The molecular formula is C11H17N3O4S. The van der Waals surface area contributed by atoms with Crippen molar-refractivity contribution in [1.29, 1.82) is 0 Å². The Morgan fingerprint density at radius 2 is 2.16 bits per heavy atom. The fraction of sp³-hybridized carbons (Fsp3) is 0.545. The molecule has 0 atom stereocenters. The Labute approximate surface area is 111 Å². The highest BCUT2D eigenvalue weighted by Crippen LogP contribution is 2.25. The highest BCUT2D eigenvalue weighted by molar-refractivity contribution is 7.89. The predicted octanol–water partition coefficient (Wildman–Crippen LogP) is -1.00. The van der Waals surface area contributed by atoms with E-state index in [4.69, 9.17) is 5.11 Å². The van der Waals surface area contributed by atoms with Gasteiger partial charge < -0.3 is 15.0 Å². The van der Waals surface area contributed by atoms with Crippen molar-refractivity contribution in [2.45, 2.75) is 4.90 Å². The number of aliphatic hydroxyl groups excluding tert-OH is 1. The van der Waals surface area contributed by atoms with Gasteiger partial charge in [0.05, 0.1) is 0 Å². The topological polar surface area (TPSA) is 91.6 Å². The zero-order chi connectivity index (χ0) is 14.2. The van der Waals surface area contributed by atoms with Crippen molar-refractivity contribution in [2.24, 2.45) is 13.0 Å². The van der Waals surface area contributed by atoms with Crippen molar-refractivity contribution >= 4 is 15.9 Å². The Balaban J connectivity index is 2.25. The zero-order valence-electron chi connectivity index (χ0n) is 10.8. The van der Waals surface area contributed by atoms with E-state index in [1.165, 1.54) is 28.2 Å². The summed E-state index contributed by atoms with van der Waals surface area (Å²) in [4.78, 5) is 11.7. The second-order valence-electron chi connectivity index (χ2n) is 4.62. The second-order valence-corrected chi connectivity index (χ2v) is 6.56. The SMILES string of the molecule is CNC(=O)c1cc(S(=O)(=O)N2CC(CO)C2)cn1C. The molecule has 2 rings (SSSR count). The average molecular weight is 287 g/mol. The molecule has 0 radical (unpaired) electrons. The fourth-order valence-electron chi connectivity index (χ4n) is 2.01. The van der Waals surface area contributed by atoms with Crippen molar-refractivity contribution in [1.82, 2.24) is 14.2 Å². The maximum Gasteiger partial charge on any atom is 0.267 e. The van der Waals surface area contributed by atoms with Crippen LogP contribution >= 0.6 is 0 Å². The summed E-state index contributed by atoms with van der Waals surface area (Å²) in [5, 5.41) is 11.4. The number of carbonyl (C=O) groups excluding carboxylic acids is 1. The van der Waals surface area contributed by atoms with Gasteiger partial charge in [0.2, 0.25) is 10.0 Å². The molecule has 1 aliphatic heterocycles. The molecule has 1 fully saturated rings. The van der Waals surface area contributed by atoms with E-state index in [2.05, 4.69) is 5.32 Å². The van der Waals surface area contributed by atoms with Gasteiger partial charge in [-0.15, -0.1) is 0 Å². The lowest BCUT2D eigenvalue weighted by molar-refractivity contribution is 0.0955. The number of aryl methyl sites for hydroxylation is 1. The lowest BCUT2D eigenvalue weighted by Crippen LogP contribution is -2.51. The number of amides is 1. The van der Waals surface area contributed by atoms with Gasteiger partial charge in [0, 0.05) is 45.9 Å². The van der Waals surface area contributed by atoms with E-state index >= 15 is 0 Å². The molecule has 0 unspecified atom stereocenters. The Morgan fingerprint density at radius 1 is 1.53 bits per heavy atom. The van der Waals surface area contributed by atoms with Gasteiger partial charge in [0.15, 0.2) is 0 Å². The highest BCUT2D eigenvalue weighted by Gasteiger charge is 2.37. The second kappa shape index (κ2) is 4.95. The first-order chi connectivity index (χ1) is 8.90. The molecule has 1 aromatic heterocycles. The first-order valence-corrected chi connectivity index (χ1v) is 7.33. The Bertz CT molecular complexity index is 587. The molecule has 1 amide bonds. The minimum atomic E-state index is -3.57. The summed E-state index contributed by atoms with van der Waals surface area (Å²) >= 11 is 0. The summed E-state index contributed by atoms with van der Waals surface area (Å²) in [6.07, 6.45) is 1.42. The van der Waals surface area contributed by atoms with Gasteiger partial charge in [0.25, 0.3) is 5.91 Å². The lowest BCUT2D eigenvalue weighted by Gasteiger charge is -2.36. The molecule has 0 aromatic carbocycles. The number of nitrogens with zero attached hydrogens (tertiary/aromatic N) is 2. The van der Waals surface area contributed by atoms with Crippen molar-refractivity contribution in [3.05, 3.63) is 18.0 Å². The van der Waals surface area contributed by atoms with Gasteiger partial charge in [-0.1, -0.05) is 0 Å². The van der Waals surface area contributed by atoms with Crippen molar-refractivity contribution in [2.75, 3.05) is 26.7 Å². The van der Waals surface area contributed by atoms with Gasteiger partial charge in [-0.3, -0.25) is 4.79 Å². The van der Waals surface area contributed by atoms with Crippen LogP contribution in [-0.2, 0) is 17.1 Å². The number of hydrogen-bond acceptors (Lipinski definition) is 4. The molecule has 19 heavy (non-hydrogen) atoms. The van der Waals surface area contributed by atoms with Crippen LogP contribution in [0.25, 0.3) is 0 Å². The Hall–Kier alpha value is -1.38. The minimum absolute atomic E-state index is 0.00962. The molecule has 2 heterocycles. The summed E-state index contributed by atoms with van der Waals surface area (Å²) in [5.41, 5.74) is 0.292. The van der Waals surface area contributed by atoms with E-state index in [-0.39, 0.29) is 23.3 Å². The molecule has 1 aliphatic rings. The van der Waals surface area contributed by atoms with Crippen LogP contribution in [-0.4, -0.2) is 55.0 Å². The molecule has 0 aliphatic carbocycles. The maximum atomic E-state index is 12.3. The molecule has 0 saturated carbocycles. The van der Waals surface area contributed by atoms with Crippen LogP contribution in [0.4, 0.5) is 0 Å². The van der Waals surface area contributed by atoms with Gasteiger partial charge in [-0.05, 0) is 6.07 Å². The molecule has 106 valence electrons. The summed E-state index contributed by atoms with van der Waals surface area (Å²) in [7, 11) is -0.455. The third kappa shape index (κ3) is 2.38. The van der Waals surface area contributed by atoms with Crippen LogP contribution in [0.15, 0.2) is 17.2 Å². The van der Waals surface area contributed by atoms with Crippen LogP contribution in [0, 0.1) is 5.92 Å². The summed E-state index contributed by atoms with van der Waals surface area (Å²) in [6, 6.07) is 1.36. The van der Waals surface area contributed by atoms with Crippen molar-refractivity contribution in [3.63, 3.8) is 0 Å². The van der Waals surface area contributed by atoms with Crippen LogP contribution in [0.2, 0.25) is 0 Å². The summed E-state index contributed by atoms with van der Waals surface area (Å²) in [6.45, 7) is 0.635. The number of aromatic nitrogens is 1. The van der Waals surface area contributed by atoms with Crippen molar-refractivity contribution in [3.8, 4) is 0 Å². The molecule has 1 aromatic rings. The Morgan fingerprint density at radius 3 is 2.68 bits per heavy atom. The lowest BCUT2D eigenvalue weighted by atomic mass is 10.1. The number of sulfonamides is 1. The van der Waals surface area contributed by atoms with Gasteiger partial charge in [0.1, 0.15) is 10.6 Å². The molecule has 0 bridgehead atoms. The standard InChI is InChI=1S/C11H17N3O4S/c1-12-11(16)10-3-9(6-13(10)2)19(17,18)14-4-8(5-14)7-15/h3,6,8,15H,4-5,7H2,1-2H3,(H,12,16). The van der Waals surface area contributed by atoms with Crippen LogP contribution in [0.5, 0.6) is 0 Å². The monoisotopic (exact) mass is 287 g/mol. The van der Waals surface area contributed by atoms with E-state index in [1.54, 1.807) is 7.05 Å². The normalized spacial score (nSPS) is 17.2. The zero-order valence-corrected chi connectivity index (χ0v) is 11.6. The number of nitrogens with one attached hydrogen (secondary N) is 1. The van der Waals surface area contributed by atoms with E-state index in [9.17, 15) is 13.2 Å². The summed E-state index contributed by atoms with van der Waals surface area (Å²) < 4.78 is 27.3. The molecule has 8 heteroatoms. The van der Waals surface area contributed by atoms with Gasteiger partial charge in [-0.2, -0.15) is 4.31 Å². The third-order valence-corrected chi connectivity index (χ3v) is 5.06. The number of rotatable bonds is 4. The molecule has 7 nitrogen and oxygen atoms in total. The number of hydrogen-bond donors (Lipinski definition) is 2. The van der Waals surface area contributed by atoms with Crippen LogP contribution in [0.1, 0.15) is 10.5 Å². The third-order valence-electron chi connectivity index (χ3n) is 3.26. The largest absolute Gasteiger partial charge is 0.396 e. The molecule has 0 spiro atoms. The molecular weight excluding hydrogens is 270 g/mol.